The third-order valence-electron chi connectivity index (χ3n) is 4.36. The van der Waals surface area contributed by atoms with Crippen LogP contribution in [0.25, 0.3) is 0 Å². The molecule has 0 spiro atoms. The molecule has 1 atom stereocenters. The molecule has 0 saturated carbocycles. The van der Waals surface area contributed by atoms with E-state index in [2.05, 4.69) is 15.9 Å². The summed E-state index contributed by atoms with van der Waals surface area (Å²) in [7, 11) is 1.50. The number of rotatable bonds is 4. The zero-order valence-corrected chi connectivity index (χ0v) is 16.8. The highest BCUT2D eigenvalue weighted by Gasteiger charge is 2.29. The zero-order chi connectivity index (χ0) is 19.6. The maximum atomic E-state index is 13.2. The lowest BCUT2D eigenvalue weighted by Gasteiger charge is -2.31. The van der Waals surface area contributed by atoms with E-state index in [0.717, 1.165) is 0 Å². The highest BCUT2D eigenvalue weighted by Crippen LogP contribution is 2.33. The van der Waals surface area contributed by atoms with Gasteiger partial charge in [0.2, 0.25) is 5.91 Å². The Kier molecular flexibility index (Phi) is 5.97. The molecular formula is C20H16BrClFNO3. The Morgan fingerprint density at radius 2 is 2.04 bits per heavy atom. The molecule has 1 unspecified atom stereocenters. The second-order valence-electron chi connectivity index (χ2n) is 6.11. The van der Waals surface area contributed by atoms with E-state index in [1.807, 2.05) is 0 Å². The Bertz CT molecular complexity index is 914. The molecule has 2 aromatic carbocycles. The minimum atomic E-state index is -0.469. The van der Waals surface area contributed by atoms with Crippen LogP contribution >= 0.6 is 27.5 Å². The van der Waals surface area contributed by atoms with Crippen molar-refractivity contribution in [1.82, 2.24) is 4.90 Å². The van der Waals surface area contributed by atoms with E-state index in [0.29, 0.717) is 26.4 Å². The first kappa shape index (κ1) is 19.6. The van der Waals surface area contributed by atoms with Crippen molar-refractivity contribution in [2.45, 2.75) is 18.9 Å². The number of halogens is 3. The molecule has 2 aromatic rings. The van der Waals surface area contributed by atoms with Crippen LogP contribution in [0.15, 0.2) is 53.1 Å². The van der Waals surface area contributed by atoms with E-state index in [4.69, 9.17) is 16.3 Å². The number of benzene rings is 2. The molecule has 0 bridgehead atoms. The fourth-order valence-electron chi connectivity index (χ4n) is 2.96. The van der Waals surface area contributed by atoms with Crippen LogP contribution in [0.3, 0.4) is 0 Å². The summed E-state index contributed by atoms with van der Waals surface area (Å²) in [6.45, 7) is 0. The van der Waals surface area contributed by atoms with E-state index < -0.39 is 6.04 Å². The van der Waals surface area contributed by atoms with Gasteiger partial charge in [-0.15, -0.1) is 0 Å². The van der Waals surface area contributed by atoms with Crippen molar-refractivity contribution in [3.8, 4) is 5.75 Å². The van der Waals surface area contributed by atoms with Gasteiger partial charge < -0.3 is 9.64 Å². The van der Waals surface area contributed by atoms with Crippen LogP contribution < -0.4 is 4.74 Å². The number of methoxy groups -OCH3 is 1. The summed E-state index contributed by atoms with van der Waals surface area (Å²) in [5.74, 6) is -0.172. The van der Waals surface area contributed by atoms with Crippen LogP contribution in [0.1, 0.15) is 23.6 Å². The van der Waals surface area contributed by atoms with E-state index in [1.165, 1.54) is 36.4 Å². The standard InChI is InChI=1S/C20H16BrClFNO3/c1-27-19-8-13(16(21)11-17(19)22)9-20(26)24-7-6-15(25)10-18(24)12-2-4-14(23)5-3-12/h2-8,11,18H,9-10H2,1H3. The predicted octanol–water partition coefficient (Wildman–Crippen LogP) is 4.85. The van der Waals surface area contributed by atoms with Crippen LogP contribution in [0, 0.1) is 5.82 Å². The minimum Gasteiger partial charge on any atom is -0.495 e. The number of carbonyl (C=O) groups is 2. The number of hydrogen-bond acceptors (Lipinski definition) is 3. The van der Waals surface area contributed by atoms with Crippen LogP contribution in [0.4, 0.5) is 4.39 Å². The predicted molar refractivity (Wildman–Crippen MR) is 104 cm³/mol. The molecule has 0 N–H and O–H groups in total. The maximum absolute atomic E-state index is 13.2. The van der Waals surface area contributed by atoms with Crippen molar-refractivity contribution in [2.24, 2.45) is 0 Å². The van der Waals surface area contributed by atoms with Gasteiger partial charge in [0.05, 0.1) is 24.6 Å². The molecule has 27 heavy (non-hydrogen) atoms. The number of carbonyl (C=O) groups excluding carboxylic acids is 2. The normalized spacial score (nSPS) is 16.5. The SMILES string of the molecule is COc1cc(CC(=O)N2C=CC(=O)CC2c2ccc(F)cc2)c(Br)cc1Cl. The Balaban J connectivity index is 1.88. The summed E-state index contributed by atoms with van der Waals surface area (Å²) < 4.78 is 19.1. The smallest absolute Gasteiger partial charge is 0.231 e. The quantitative estimate of drug-likeness (QED) is 0.666. The number of allylic oxidation sites excluding steroid dienone is 1. The van der Waals surface area contributed by atoms with Gasteiger partial charge in [-0.25, -0.2) is 4.39 Å². The van der Waals surface area contributed by atoms with Crippen molar-refractivity contribution in [3.05, 3.63) is 75.1 Å². The van der Waals surface area contributed by atoms with Crippen molar-refractivity contribution in [3.63, 3.8) is 0 Å². The van der Waals surface area contributed by atoms with Gasteiger partial charge in [-0.1, -0.05) is 39.7 Å². The van der Waals surface area contributed by atoms with Crippen molar-refractivity contribution < 1.29 is 18.7 Å². The number of ether oxygens (including phenoxy) is 1. The number of amides is 1. The first-order valence-electron chi connectivity index (χ1n) is 8.18. The minimum absolute atomic E-state index is 0.0808. The van der Waals surface area contributed by atoms with E-state index in [9.17, 15) is 14.0 Å². The van der Waals surface area contributed by atoms with Crippen LogP contribution in [-0.4, -0.2) is 23.7 Å². The number of hydrogen-bond donors (Lipinski definition) is 0. The average Bonchev–Trinajstić information content (AvgIpc) is 2.64. The highest BCUT2D eigenvalue weighted by molar-refractivity contribution is 9.10. The maximum Gasteiger partial charge on any atom is 0.231 e. The zero-order valence-electron chi connectivity index (χ0n) is 14.4. The van der Waals surface area contributed by atoms with Gasteiger partial charge in [-0.2, -0.15) is 0 Å². The highest BCUT2D eigenvalue weighted by atomic mass is 79.9. The Morgan fingerprint density at radius 3 is 2.70 bits per heavy atom. The Labute approximate surface area is 169 Å². The molecule has 1 aliphatic rings. The largest absolute Gasteiger partial charge is 0.495 e. The molecule has 1 amide bonds. The summed E-state index contributed by atoms with van der Waals surface area (Å²) in [5.41, 5.74) is 1.42. The Morgan fingerprint density at radius 1 is 1.33 bits per heavy atom. The molecule has 0 radical (unpaired) electrons. The van der Waals surface area contributed by atoms with Gasteiger partial charge in [0.1, 0.15) is 11.6 Å². The van der Waals surface area contributed by atoms with Gasteiger partial charge >= 0.3 is 0 Å². The van der Waals surface area contributed by atoms with Crippen molar-refractivity contribution in [2.75, 3.05) is 7.11 Å². The van der Waals surface area contributed by atoms with E-state index in [1.54, 1.807) is 24.3 Å². The molecule has 0 aliphatic carbocycles. The molecule has 0 saturated heterocycles. The fourth-order valence-corrected chi connectivity index (χ4v) is 3.82. The van der Waals surface area contributed by atoms with E-state index >= 15 is 0 Å². The second-order valence-corrected chi connectivity index (χ2v) is 7.37. The summed E-state index contributed by atoms with van der Waals surface area (Å²) in [5, 5.41) is 0.438. The topological polar surface area (TPSA) is 46.6 Å². The Hall–Kier alpha value is -2.18. The molecule has 1 aliphatic heterocycles. The molecule has 4 nitrogen and oxygen atoms in total. The lowest BCUT2D eigenvalue weighted by Crippen LogP contribution is -2.35. The summed E-state index contributed by atoms with van der Waals surface area (Å²) in [4.78, 5) is 26.4. The molecule has 7 heteroatoms. The average molecular weight is 453 g/mol. The lowest BCUT2D eigenvalue weighted by molar-refractivity contribution is -0.131. The summed E-state index contributed by atoms with van der Waals surface area (Å²) in [6.07, 6.45) is 3.11. The van der Waals surface area contributed by atoms with Gasteiger partial charge in [0.25, 0.3) is 0 Å². The third kappa shape index (κ3) is 4.39. The molecule has 1 heterocycles. The molecule has 0 fully saturated rings. The van der Waals surface area contributed by atoms with Crippen molar-refractivity contribution in [1.29, 1.82) is 0 Å². The molecule has 140 valence electrons. The molecule has 0 aromatic heterocycles. The van der Waals surface area contributed by atoms with Crippen LogP contribution in [-0.2, 0) is 16.0 Å². The second kappa shape index (κ2) is 8.23. The van der Waals surface area contributed by atoms with Gasteiger partial charge in [0.15, 0.2) is 5.78 Å². The summed E-state index contributed by atoms with van der Waals surface area (Å²) >= 11 is 9.51. The van der Waals surface area contributed by atoms with Gasteiger partial charge in [-0.05, 0) is 41.5 Å². The lowest BCUT2D eigenvalue weighted by atomic mass is 9.96. The summed E-state index contributed by atoms with van der Waals surface area (Å²) in [6, 6.07) is 8.74. The first-order valence-corrected chi connectivity index (χ1v) is 9.35. The van der Waals surface area contributed by atoms with Crippen LogP contribution in [0.5, 0.6) is 5.75 Å². The third-order valence-corrected chi connectivity index (χ3v) is 5.39. The number of nitrogens with zero attached hydrogens (tertiary/aromatic N) is 1. The van der Waals surface area contributed by atoms with Crippen LogP contribution in [0.2, 0.25) is 5.02 Å². The monoisotopic (exact) mass is 451 g/mol. The van der Waals surface area contributed by atoms with Gasteiger partial charge in [-0.3, -0.25) is 9.59 Å². The molecule has 3 rings (SSSR count). The first-order chi connectivity index (χ1) is 12.9. The fraction of sp³-hybridized carbons (Fsp3) is 0.200. The van der Waals surface area contributed by atoms with E-state index in [-0.39, 0.29) is 30.3 Å². The van der Waals surface area contributed by atoms with Crippen molar-refractivity contribution >= 4 is 39.2 Å². The number of ketones is 1. The molecular weight excluding hydrogens is 437 g/mol. The van der Waals surface area contributed by atoms with Gasteiger partial charge in [0, 0.05) is 17.1 Å².